The van der Waals surface area contributed by atoms with Crippen molar-refractivity contribution in [3.8, 4) is 0 Å². The predicted molar refractivity (Wildman–Crippen MR) is 48.6 cm³/mol. The molecule has 10 heavy (non-hydrogen) atoms. The van der Waals surface area contributed by atoms with Crippen LogP contribution in [0.25, 0.3) is 0 Å². The van der Waals surface area contributed by atoms with Gasteiger partial charge in [0.15, 0.2) is 0 Å². The molecule has 54 valence electrons. The Morgan fingerprint density at radius 2 is 2.20 bits per heavy atom. The largest absolute Gasteiger partial charge is 0.475 e. The third kappa shape index (κ3) is 1.27. The van der Waals surface area contributed by atoms with Gasteiger partial charge < -0.3 is 12.9 Å². The Balaban J connectivity index is 2.10. The van der Waals surface area contributed by atoms with Gasteiger partial charge in [-0.05, 0) is 5.92 Å². The van der Waals surface area contributed by atoms with Gasteiger partial charge in [0.25, 0.3) is 0 Å². The van der Waals surface area contributed by atoms with Gasteiger partial charge in [-0.3, -0.25) is 0 Å². The van der Waals surface area contributed by atoms with Gasteiger partial charge in [-0.25, -0.2) is 0 Å². The molecule has 2 unspecified atom stereocenters. The van der Waals surface area contributed by atoms with Gasteiger partial charge in [0.05, 0.1) is 0 Å². The molecule has 2 aliphatic carbocycles. The zero-order valence-electron chi connectivity index (χ0n) is 6.41. The Morgan fingerprint density at radius 1 is 1.30 bits per heavy atom. The first-order chi connectivity index (χ1) is 4.85. The zero-order chi connectivity index (χ0) is 7.03. The third-order valence-electron chi connectivity index (χ3n) is 3.41. The van der Waals surface area contributed by atoms with Gasteiger partial charge in [0.1, 0.15) is 0 Å². The molecule has 0 saturated heterocycles. The maximum Gasteiger partial charge on any atom is 0.475 e. The third-order valence-corrected chi connectivity index (χ3v) is 8.54. The zero-order valence-corrected chi connectivity index (χ0v) is 9.41. The number of fused-ring (bicyclic) bond motifs is 2. The Labute approximate surface area is 78.7 Å². The van der Waals surface area contributed by atoms with Crippen molar-refractivity contribution >= 4 is 31.1 Å². The van der Waals surface area contributed by atoms with Crippen LogP contribution in [0.3, 0.4) is 0 Å². The van der Waals surface area contributed by atoms with E-state index in [1.54, 1.807) is 32.1 Å². The lowest BCUT2D eigenvalue weighted by atomic mass is 9.88. The molecule has 0 heterocycles. The summed E-state index contributed by atoms with van der Waals surface area (Å²) in [5.41, 5.74) is 0. The summed E-state index contributed by atoms with van der Waals surface area (Å²) in [4.78, 5) is 0. The van der Waals surface area contributed by atoms with Crippen LogP contribution in [0.15, 0.2) is 0 Å². The van der Waals surface area contributed by atoms with Crippen LogP contribution in [0.1, 0.15) is 38.5 Å². The van der Waals surface area contributed by atoms with E-state index in [2.05, 4.69) is 12.9 Å². The van der Waals surface area contributed by atoms with Crippen molar-refractivity contribution in [3.05, 3.63) is 0 Å². The summed E-state index contributed by atoms with van der Waals surface area (Å²) in [5.74, 6) is 1.14. The first-order valence-electron chi connectivity index (χ1n) is 4.41. The highest BCUT2D eigenvalue weighted by Gasteiger charge is 2.41. The van der Waals surface area contributed by atoms with E-state index in [1.165, 1.54) is 6.42 Å². The lowest BCUT2D eigenvalue weighted by Crippen LogP contribution is -2.17. The minimum Gasteiger partial charge on any atom is -0.306 e. The van der Waals surface area contributed by atoms with Crippen molar-refractivity contribution in [2.24, 2.45) is 5.92 Å². The van der Waals surface area contributed by atoms with Gasteiger partial charge in [-0.15, -0.1) is 3.54 Å². The van der Waals surface area contributed by atoms with E-state index >= 15 is 0 Å². The SMILES string of the molecule is [Br][Mg][C]12CCCC(CC1)C2. The molecule has 2 saturated carbocycles. The summed E-state index contributed by atoms with van der Waals surface area (Å²) in [7, 11) is 0. The number of rotatable bonds is 1. The average Bonchev–Trinajstić information content (AvgIpc) is 2.29. The van der Waals surface area contributed by atoms with E-state index in [4.69, 9.17) is 0 Å². The Bertz CT molecular complexity index is 133. The molecule has 0 N–H and O–H groups in total. The van der Waals surface area contributed by atoms with E-state index in [9.17, 15) is 0 Å². The van der Waals surface area contributed by atoms with Crippen LogP contribution in [0.5, 0.6) is 0 Å². The molecule has 0 aromatic carbocycles. The van der Waals surface area contributed by atoms with Gasteiger partial charge in [0, 0.05) is 0 Å². The summed E-state index contributed by atoms with van der Waals surface area (Å²) in [6.07, 6.45) is 9.34. The van der Waals surface area contributed by atoms with E-state index in [0.29, 0.717) is 0 Å². The van der Waals surface area contributed by atoms with E-state index in [1.807, 2.05) is 0 Å². The number of hydrogen-bond donors (Lipinski definition) is 0. The minimum atomic E-state index is 0.116. The standard InChI is InChI=1S/C8H13.BrH.Mg/c1-2-7-4-5-8(3-1)6-7;;/h7H,1-6H2;1H;/q;;+1/p-1. The molecule has 2 rings (SSSR count). The smallest absolute Gasteiger partial charge is 0.306 e. The fourth-order valence-electron chi connectivity index (χ4n) is 2.75. The van der Waals surface area contributed by atoms with Crippen LogP contribution in [0.4, 0.5) is 0 Å². The molecule has 0 aromatic heterocycles. The van der Waals surface area contributed by atoms with Gasteiger partial charge >= 0.3 is 18.2 Å². The maximum atomic E-state index is 3.79. The second-order valence-corrected chi connectivity index (χ2v) is 7.58. The van der Waals surface area contributed by atoms with Gasteiger partial charge in [0.2, 0.25) is 0 Å². The van der Waals surface area contributed by atoms with Crippen molar-refractivity contribution in [1.29, 1.82) is 0 Å². The maximum absolute atomic E-state index is 3.79. The lowest BCUT2D eigenvalue weighted by Gasteiger charge is -2.31. The molecular formula is C8H13BrMg. The molecule has 2 aliphatic rings. The van der Waals surface area contributed by atoms with Crippen molar-refractivity contribution in [1.82, 2.24) is 0 Å². The number of halogens is 1. The molecule has 0 spiro atoms. The molecule has 2 heteroatoms. The lowest BCUT2D eigenvalue weighted by molar-refractivity contribution is 0.372. The molecule has 0 amide bonds. The summed E-state index contributed by atoms with van der Waals surface area (Å²) in [5, 5.41) is 0. The summed E-state index contributed by atoms with van der Waals surface area (Å²) >= 11 is 3.91. The van der Waals surface area contributed by atoms with Crippen molar-refractivity contribution in [2.75, 3.05) is 0 Å². The van der Waals surface area contributed by atoms with Gasteiger partial charge in [-0.2, -0.15) is 0 Å². The Hall–Kier alpha value is 1.25. The fraction of sp³-hybridized carbons (Fsp3) is 1.00. The second kappa shape index (κ2) is 2.95. The van der Waals surface area contributed by atoms with Crippen LogP contribution in [-0.4, -0.2) is 18.2 Å². The summed E-state index contributed by atoms with van der Waals surface area (Å²) in [6, 6.07) is 0. The first-order valence-corrected chi connectivity index (χ1v) is 9.01. The fourth-order valence-corrected chi connectivity index (χ4v) is 6.36. The molecule has 0 aromatic rings. The molecule has 0 radical (unpaired) electrons. The highest BCUT2D eigenvalue weighted by atomic mass is 79.9. The quantitative estimate of drug-likeness (QED) is 0.587. The summed E-state index contributed by atoms with van der Waals surface area (Å²) in [6.45, 7) is 0. The Morgan fingerprint density at radius 3 is 2.90 bits per heavy atom. The van der Waals surface area contributed by atoms with E-state index < -0.39 is 0 Å². The van der Waals surface area contributed by atoms with Crippen LogP contribution < -0.4 is 0 Å². The second-order valence-electron chi connectivity index (χ2n) is 4.13. The normalized spacial score (nSPS) is 45.1. The topological polar surface area (TPSA) is 0 Å². The average molecular weight is 213 g/mol. The van der Waals surface area contributed by atoms with E-state index in [-0.39, 0.29) is 18.2 Å². The number of hydrogen-bond acceptors (Lipinski definition) is 0. The first kappa shape index (κ1) is 7.87. The van der Waals surface area contributed by atoms with Crippen molar-refractivity contribution in [2.45, 2.75) is 42.1 Å². The van der Waals surface area contributed by atoms with Gasteiger partial charge in [-0.1, -0.05) is 38.5 Å². The van der Waals surface area contributed by atoms with Crippen LogP contribution in [0.2, 0.25) is 3.54 Å². The van der Waals surface area contributed by atoms with Crippen LogP contribution in [0, 0.1) is 5.92 Å². The molecular weight excluding hydrogens is 200 g/mol. The molecule has 2 fully saturated rings. The monoisotopic (exact) mass is 212 g/mol. The predicted octanol–water partition coefficient (Wildman–Crippen LogP) is 3.14. The van der Waals surface area contributed by atoms with Crippen molar-refractivity contribution in [3.63, 3.8) is 0 Å². The van der Waals surface area contributed by atoms with Crippen LogP contribution >= 0.6 is 12.9 Å². The highest BCUT2D eigenvalue weighted by Crippen LogP contribution is 2.56. The summed E-state index contributed by atoms with van der Waals surface area (Å²) < 4.78 is 0.892. The molecule has 0 aliphatic heterocycles. The Kier molecular flexibility index (Phi) is 2.32. The molecule has 2 atom stereocenters. The highest BCUT2D eigenvalue weighted by molar-refractivity contribution is 9.23. The van der Waals surface area contributed by atoms with E-state index in [0.717, 1.165) is 9.46 Å². The molecule has 0 nitrogen and oxygen atoms in total. The van der Waals surface area contributed by atoms with Crippen LogP contribution in [-0.2, 0) is 0 Å². The molecule has 2 bridgehead atoms. The minimum absolute atomic E-state index is 0.116. The van der Waals surface area contributed by atoms with Crippen molar-refractivity contribution < 1.29 is 0 Å².